The predicted octanol–water partition coefficient (Wildman–Crippen LogP) is 1.90. The van der Waals surface area contributed by atoms with E-state index in [1.807, 2.05) is 25.1 Å². The number of ether oxygens (including phenoxy) is 1. The molecule has 4 heteroatoms. The lowest BCUT2D eigenvalue weighted by Crippen LogP contribution is -2.37. The van der Waals surface area contributed by atoms with Gasteiger partial charge in [-0.2, -0.15) is 0 Å². The van der Waals surface area contributed by atoms with E-state index < -0.39 is 0 Å². The predicted molar refractivity (Wildman–Crippen MR) is 66.4 cm³/mol. The summed E-state index contributed by atoms with van der Waals surface area (Å²) in [7, 11) is 0. The molecule has 17 heavy (non-hydrogen) atoms. The average Bonchev–Trinajstić information content (AvgIpc) is 2.36. The quantitative estimate of drug-likeness (QED) is 0.735. The second-order valence-corrected chi connectivity index (χ2v) is 3.80. The maximum atomic E-state index is 11.6. The number of hydrogen-bond donors (Lipinski definition) is 1. The lowest BCUT2D eigenvalue weighted by molar-refractivity contribution is -0.145. The van der Waals surface area contributed by atoms with Crippen LogP contribution in [0.25, 0.3) is 0 Å². The van der Waals surface area contributed by atoms with E-state index in [2.05, 4.69) is 17.2 Å². The van der Waals surface area contributed by atoms with Crippen molar-refractivity contribution in [1.29, 1.82) is 0 Å². The molecule has 0 bridgehead atoms. The molecule has 0 aromatic carbocycles. The summed E-state index contributed by atoms with van der Waals surface area (Å²) in [6.45, 7) is 4.88. The van der Waals surface area contributed by atoms with Crippen LogP contribution in [0.15, 0.2) is 24.4 Å². The zero-order valence-electron chi connectivity index (χ0n) is 10.5. The number of pyridine rings is 1. The highest BCUT2D eigenvalue weighted by Gasteiger charge is 2.17. The number of carbonyl (C=O) groups excluding carboxylic acids is 1. The Morgan fingerprint density at radius 1 is 1.47 bits per heavy atom. The van der Waals surface area contributed by atoms with Gasteiger partial charge in [0.15, 0.2) is 0 Å². The Hall–Kier alpha value is -1.42. The molecule has 1 atom stereocenters. The fraction of sp³-hybridized carbons (Fsp3) is 0.538. The van der Waals surface area contributed by atoms with Crippen molar-refractivity contribution in [3.8, 4) is 0 Å². The number of rotatable bonds is 7. The van der Waals surface area contributed by atoms with Gasteiger partial charge in [0.25, 0.3) is 0 Å². The molecule has 0 spiro atoms. The molecule has 0 fully saturated rings. The molecule has 94 valence electrons. The van der Waals surface area contributed by atoms with Crippen LogP contribution in [0, 0.1) is 0 Å². The molecule has 1 aromatic heterocycles. The van der Waals surface area contributed by atoms with Gasteiger partial charge in [0, 0.05) is 12.7 Å². The molecule has 0 aliphatic heterocycles. The van der Waals surface area contributed by atoms with E-state index in [0.717, 1.165) is 18.5 Å². The second kappa shape index (κ2) is 7.79. The molecule has 0 aliphatic carbocycles. The minimum Gasteiger partial charge on any atom is -0.465 e. The van der Waals surface area contributed by atoms with Crippen molar-refractivity contribution < 1.29 is 9.53 Å². The zero-order chi connectivity index (χ0) is 12.5. The lowest BCUT2D eigenvalue weighted by Gasteiger charge is -2.16. The Bertz CT molecular complexity index is 327. The summed E-state index contributed by atoms with van der Waals surface area (Å²) in [5.74, 6) is -0.176. The van der Waals surface area contributed by atoms with Crippen LogP contribution in [0.2, 0.25) is 0 Å². The molecule has 0 amide bonds. The SMILES string of the molecule is CCCC(NCc1ccccn1)C(=O)OCC. The van der Waals surface area contributed by atoms with E-state index in [1.165, 1.54) is 0 Å². The van der Waals surface area contributed by atoms with Crippen LogP contribution in [0.1, 0.15) is 32.4 Å². The van der Waals surface area contributed by atoms with Crippen molar-refractivity contribution in [2.24, 2.45) is 0 Å². The summed E-state index contributed by atoms with van der Waals surface area (Å²) in [4.78, 5) is 15.9. The second-order valence-electron chi connectivity index (χ2n) is 3.80. The molecule has 1 unspecified atom stereocenters. The summed E-state index contributed by atoms with van der Waals surface area (Å²) >= 11 is 0. The minimum absolute atomic E-state index is 0.176. The molecule has 0 radical (unpaired) electrons. The third-order valence-electron chi connectivity index (χ3n) is 2.40. The van der Waals surface area contributed by atoms with E-state index in [-0.39, 0.29) is 12.0 Å². The minimum atomic E-state index is -0.234. The molecule has 1 N–H and O–H groups in total. The largest absolute Gasteiger partial charge is 0.465 e. The third-order valence-corrected chi connectivity index (χ3v) is 2.40. The molecule has 4 nitrogen and oxygen atoms in total. The van der Waals surface area contributed by atoms with Gasteiger partial charge in [0.05, 0.1) is 12.3 Å². The molecule has 1 heterocycles. The van der Waals surface area contributed by atoms with Crippen LogP contribution in [0.4, 0.5) is 0 Å². The van der Waals surface area contributed by atoms with Gasteiger partial charge in [-0.3, -0.25) is 15.1 Å². The highest BCUT2D eigenvalue weighted by atomic mass is 16.5. The van der Waals surface area contributed by atoms with E-state index in [1.54, 1.807) is 6.20 Å². The molecule has 0 saturated carbocycles. The standard InChI is InChI=1S/C13H20N2O2/c1-3-7-12(13(16)17-4-2)15-10-11-8-5-6-9-14-11/h5-6,8-9,12,15H,3-4,7,10H2,1-2H3. The summed E-state index contributed by atoms with van der Waals surface area (Å²) in [6, 6.07) is 5.50. The van der Waals surface area contributed by atoms with Crippen LogP contribution in [-0.4, -0.2) is 23.6 Å². The molecular weight excluding hydrogens is 216 g/mol. The first kappa shape index (κ1) is 13.6. The van der Waals surface area contributed by atoms with E-state index in [4.69, 9.17) is 4.74 Å². The van der Waals surface area contributed by atoms with Crippen molar-refractivity contribution in [2.45, 2.75) is 39.3 Å². The van der Waals surface area contributed by atoms with Gasteiger partial charge in [0.2, 0.25) is 0 Å². The summed E-state index contributed by atoms with van der Waals surface area (Å²) in [5, 5.41) is 3.18. The molecule has 1 aromatic rings. The fourth-order valence-electron chi connectivity index (χ4n) is 1.57. The number of aromatic nitrogens is 1. The Labute approximate surface area is 102 Å². The first-order valence-corrected chi connectivity index (χ1v) is 6.07. The Kier molecular flexibility index (Phi) is 6.25. The van der Waals surface area contributed by atoms with Crippen molar-refractivity contribution in [2.75, 3.05) is 6.61 Å². The maximum absolute atomic E-state index is 11.6. The van der Waals surface area contributed by atoms with Gasteiger partial charge in [0.1, 0.15) is 6.04 Å². The van der Waals surface area contributed by atoms with Gasteiger partial charge in [-0.15, -0.1) is 0 Å². The highest BCUT2D eigenvalue weighted by Crippen LogP contribution is 2.02. The van der Waals surface area contributed by atoms with Crippen LogP contribution in [-0.2, 0) is 16.1 Å². The molecule has 0 saturated heterocycles. The number of nitrogens with zero attached hydrogens (tertiary/aromatic N) is 1. The van der Waals surface area contributed by atoms with Crippen molar-refractivity contribution in [1.82, 2.24) is 10.3 Å². The lowest BCUT2D eigenvalue weighted by atomic mass is 10.1. The molecular formula is C13H20N2O2. The number of esters is 1. The van der Waals surface area contributed by atoms with E-state index >= 15 is 0 Å². The van der Waals surface area contributed by atoms with Crippen LogP contribution in [0.5, 0.6) is 0 Å². The molecule has 1 rings (SSSR count). The number of hydrogen-bond acceptors (Lipinski definition) is 4. The van der Waals surface area contributed by atoms with Gasteiger partial charge in [-0.1, -0.05) is 19.4 Å². The van der Waals surface area contributed by atoms with Crippen LogP contribution in [0.3, 0.4) is 0 Å². The first-order valence-electron chi connectivity index (χ1n) is 6.07. The smallest absolute Gasteiger partial charge is 0.323 e. The first-order chi connectivity index (χ1) is 8.27. The van der Waals surface area contributed by atoms with Gasteiger partial charge in [-0.25, -0.2) is 0 Å². The fourth-order valence-corrected chi connectivity index (χ4v) is 1.57. The third kappa shape index (κ3) is 4.95. The summed E-state index contributed by atoms with van der Waals surface area (Å²) in [5.41, 5.74) is 0.929. The number of nitrogens with one attached hydrogen (secondary N) is 1. The highest BCUT2D eigenvalue weighted by molar-refractivity contribution is 5.75. The Balaban J connectivity index is 2.47. The van der Waals surface area contributed by atoms with Crippen molar-refractivity contribution >= 4 is 5.97 Å². The Morgan fingerprint density at radius 3 is 2.88 bits per heavy atom. The van der Waals surface area contributed by atoms with E-state index in [9.17, 15) is 4.79 Å². The molecule has 0 aliphatic rings. The maximum Gasteiger partial charge on any atom is 0.323 e. The topological polar surface area (TPSA) is 51.2 Å². The Morgan fingerprint density at radius 2 is 2.29 bits per heavy atom. The number of carbonyl (C=O) groups is 1. The van der Waals surface area contributed by atoms with Gasteiger partial charge >= 0.3 is 5.97 Å². The van der Waals surface area contributed by atoms with Gasteiger partial charge < -0.3 is 4.74 Å². The van der Waals surface area contributed by atoms with E-state index in [0.29, 0.717) is 13.2 Å². The van der Waals surface area contributed by atoms with Gasteiger partial charge in [-0.05, 0) is 25.5 Å². The van der Waals surface area contributed by atoms with Crippen LogP contribution < -0.4 is 5.32 Å². The van der Waals surface area contributed by atoms with Crippen LogP contribution >= 0.6 is 0 Å². The zero-order valence-corrected chi connectivity index (χ0v) is 10.5. The summed E-state index contributed by atoms with van der Waals surface area (Å²) in [6.07, 6.45) is 3.47. The monoisotopic (exact) mass is 236 g/mol. The van der Waals surface area contributed by atoms with Crippen molar-refractivity contribution in [3.63, 3.8) is 0 Å². The van der Waals surface area contributed by atoms with Crippen molar-refractivity contribution in [3.05, 3.63) is 30.1 Å². The average molecular weight is 236 g/mol. The summed E-state index contributed by atoms with van der Waals surface area (Å²) < 4.78 is 5.02. The normalized spacial score (nSPS) is 12.1.